The number of hydrogen-bond donors (Lipinski definition) is 1. The van der Waals surface area contributed by atoms with Crippen LogP contribution in [0.5, 0.6) is 0 Å². The summed E-state index contributed by atoms with van der Waals surface area (Å²) in [7, 11) is 3.89. The zero-order valence-electron chi connectivity index (χ0n) is 4.60. The molecule has 0 spiro atoms. The Morgan fingerprint density at radius 3 is 2.43 bits per heavy atom. The van der Waals surface area contributed by atoms with Crippen molar-refractivity contribution in [1.82, 2.24) is 15.6 Å². The maximum atomic E-state index is 3.02. The van der Waals surface area contributed by atoms with Crippen molar-refractivity contribution in [2.24, 2.45) is 0 Å². The van der Waals surface area contributed by atoms with Gasteiger partial charge in [-0.05, 0) is 0 Å². The Balaban J connectivity index is 2.33. The van der Waals surface area contributed by atoms with Crippen LogP contribution in [0.4, 0.5) is 0 Å². The standard InChI is InChI=1S/C4H9N3/c1-6-4-3-5-7(6)2/h5H,3H2,1-2H3. The van der Waals surface area contributed by atoms with E-state index in [1.54, 1.807) is 0 Å². The topological polar surface area (TPSA) is 18.5 Å². The van der Waals surface area contributed by atoms with E-state index < -0.39 is 0 Å². The fourth-order valence-electron chi connectivity index (χ4n) is 0.476. The van der Waals surface area contributed by atoms with Gasteiger partial charge in [0, 0.05) is 20.6 Å². The van der Waals surface area contributed by atoms with Crippen LogP contribution in [0.2, 0.25) is 0 Å². The third-order valence-corrected chi connectivity index (χ3v) is 1.07. The quantitative estimate of drug-likeness (QED) is 0.434. The van der Waals surface area contributed by atoms with Crippen molar-refractivity contribution in [3.05, 3.63) is 6.54 Å². The van der Waals surface area contributed by atoms with E-state index in [1.165, 1.54) is 0 Å². The Morgan fingerprint density at radius 1 is 1.57 bits per heavy atom. The zero-order valence-corrected chi connectivity index (χ0v) is 4.60. The van der Waals surface area contributed by atoms with Crippen LogP contribution < -0.4 is 5.43 Å². The third-order valence-electron chi connectivity index (χ3n) is 1.07. The van der Waals surface area contributed by atoms with Gasteiger partial charge in [0.2, 0.25) is 0 Å². The molecule has 1 aliphatic heterocycles. The second-order valence-electron chi connectivity index (χ2n) is 1.54. The molecule has 0 aromatic rings. The smallest absolute Gasteiger partial charge is 0.0964 e. The van der Waals surface area contributed by atoms with Gasteiger partial charge in [0.25, 0.3) is 0 Å². The van der Waals surface area contributed by atoms with Crippen LogP contribution in [0, 0.1) is 6.54 Å². The van der Waals surface area contributed by atoms with Gasteiger partial charge in [-0.3, -0.25) is 0 Å². The molecule has 0 bridgehead atoms. The summed E-state index contributed by atoms with van der Waals surface area (Å²) in [5.74, 6) is 0. The minimum absolute atomic E-state index is 0.826. The number of nitrogens with zero attached hydrogens (tertiary/aromatic N) is 2. The molecule has 1 rings (SSSR count). The molecular formula is C4H9N3. The molecule has 1 fully saturated rings. The molecule has 0 amide bonds. The molecule has 1 heterocycles. The normalized spacial score (nSPS) is 26.6. The lowest BCUT2D eigenvalue weighted by Gasteiger charge is -2.15. The predicted octanol–water partition coefficient (Wildman–Crippen LogP) is -0.678. The van der Waals surface area contributed by atoms with Crippen LogP contribution in [0.3, 0.4) is 0 Å². The van der Waals surface area contributed by atoms with Crippen LogP contribution in [-0.4, -0.2) is 30.8 Å². The van der Waals surface area contributed by atoms with Crippen molar-refractivity contribution >= 4 is 0 Å². The molecule has 1 N–H and O–H groups in total. The molecular weight excluding hydrogens is 90.1 g/mol. The van der Waals surface area contributed by atoms with E-state index in [0.717, 1.165) is 6.54 Å². The highest BCUT2D eigenvalue weighted by atomic mass is 15.8. The van der Waals surface area contributed by atoms with Crippen LogP contribution >= 0.6 is 0 Å². The molecule has 3 nitrogen and oxygen atoms in total. The molecule has 1 saturated heterocycles. The van der Waals surface area contributed by atoms with E-state index in [1.807, 2.05) is 24.2 Å². The average Bonchev–Trinajstić information content (AvgIpc) is 1.91. The molecule has 0 aliphatic carbocycles. The minimum Gasteiger partial charge on any atom is -0.240 e. The van der Waals surface area contributed by atoms with Crippen molar-refractivity contribution in [2.75, 3.05) is 20.6 Å². The van der Waals surface area contributed by atoms with Crippen molar-refractivity contribution < 1.29 is 0 Å². The maximum Gasteiger partial charge on any atom is 0.0964 e. The van der Waals surface area contributed by atoms with Gasteiger partial charge in [0.05, 0.1) is 6.54 Å². The van der Waals surface area contributed by atoms with E-state index >= 15 is 0 Å². The summed E-state index contributed by atoms with van der Waals surface area (Å²) >= 11 is 0. The van der Waals surface area contributed by atoms with Gasteiger partial charge in [-0.25, -0.2) is 10.4 Å². The largest absolute Gasteiger partial charge is 0.240 e. The Morgan fingerprint density at radius 2 is 2.29 bits per heavy atom. The molecule has 0 unspecified atom stereocenters. The first-order valence-corrected chi connectivity index (χ1v) is 2.25. The minimum atomic E-state index is 0.826. The summed E-state index contributed by atoms with van der Waals surface area (Å²) in [6, 6.07) is 0. The van der Waals surface area contributed by atoms with Crippen LogP contribution in [-0.2, 0) is 0 Å². The van der Waals surface area contributed by atoms with Crippen molar-refractivity contribution in [1.29, 1.82) is 0 Å². The molecule has 0 aromatic heterocycles. The van der Waals surface area contributed by atoms with Gasteiger partial charge < -0.3 is 0 Å². The first-order valence-electron chi connectivity index (χ1n) is 2.25. The molecule has 40 valence electrons. The second kappa shape index (κ2) is 1.78. The second-order valence-corrected chi connectivity index (χ2v) is 1.54. The monoisotopic (exact) mass is 99.1 g/mol. The number of rotatable bonds is 0. The highest BCUT2D eigenvalue weighted by molar-refractivity contribution is 4.68. The fraction of sp³-hybridized carbons (Fsp3) is 0.750. The van der Waals surface area contributed by atoms with Gasteiger partial charge in [-0.1, -0.05) is 0 Å². The highest BCUT2D eigenvalue weighted by Gasteiger charge is 2.11. The lowest BCUT2D eigenvalue weighted by atomic mass is 10.7. The summed E-state index contributed by atoms with van der Waals surface area (Å²) in [4.78, 5) is 0. The summed E-state index contributed by atoms with van der Waals surface area (Å²) in [5, 5.41) is 3.75. The van der Waals surface area contributed by atoms with Gasteiger partial charge >= 0.3 is 0 Å². The lowest BCUT2D eigenvalue weighted by Crippen LogP contribution is -2.34. The summed E-state index contributed by atoms with van der Waals surface area (Å²) in [5.41, 5.74) is 3.02. The Hall–Kier alpha value is -0.120. The number of hydrogen-bond acceptors (Lipinski definition) is 3. The maximum absolute atomic E-state index is 3.02. The molecule has 2 radical (unpaired) electrons. The van der Waals surface area contributed by atoms with E-state index in [4.69, 9.17) is 0 Å². The van der Waals surface area contributed by atoms with Gasteiger partial charge in [0.1, 0.15) is 0 Å². The molecule has 0 aromatic carbocycles. The Bertz CT molecular complexity index is 56.0. The molecule has 1 aliphatic rings. The predicted molar refractivity (Wildman–Crippen MR) is 26.8 cm³/mol. The average molecular weight is 99.1 g/mol. The first kappa shape index (κ1) is 5.03. The first-order chi connectivity index (χ1) is 3.30. The van der Waals surface area contributed by atoms with Crippen molar-refractivity contribution in [3.63, 3.8) is 0 Å². The van der Waals surface area contributed by atoms with Crippen LogP contribution in [0.1, 0.15) is 0 Å². The van der Waals surface area contributed by atoms with E-state index in [-0.39, 0.29) is 0 Å². The van der Waals surface area contributed by atoms with Crippen molar-refractivity contribution in [2.45, 2.75) is 0 Å². The third kappa shape index (κ3) is 0.907. The zero-order chi connectivity index (χ0) is 5.28. The highest BCUT2D eigenvalue weighted by Crippen LogP contribution is 1.95. The number of nitrogens with one attached hydrogen (secondary N) is 1. The lowest BCUT2D eigenvalue weighted by molar-refractivity contribution is 0.0613. The SMILES string of the molecule is CN1[C]CNN1C. The van der Waals surface area contributed by atoms with Crippen LogP contribution in [0.15, 0.2) is 0 Å². The van der Waals surface area contributed by atoms with E-state index in [0.29, 0.717) is 0 Å². The molecule has 0 atom stereocenters. The van der Waals surface area contributed by atoms with E-state index in [2.05, 4.69) is 12.0 Å². The van der Waals surface area contributed by atoms with Gasteiger partial charge in [-0.2, -0.15) is 5.12 Å². The van der Waals surface area contributed by atoms with Crippen molar-refractivity contribution in [3.8, 4) is 0 Å². The molecule has 0 saturated carbocycles. The Labute approximate surface area is 43.8 Å². The molecule has 7 heavy (non-hydrogen) atoms. The number of hydrazine groups is 2. The number of likely N-dealkylation sites (N-methyl/N-ethyl adjacent to an activating group) is 1. The summed E-state index contributed by atoms with van der Waals surface area (Å²) in [6.07, 6.45) is 0. The van der Waals surface area contributed by atoms with E-state index in [9.17, 15) is 0 Å². The Kier molecular flexibility index (Phi) is 1.27. The molecule has 3 heteroatoms. The van der Waals surface area contributed by atoms with Gasteiger partial charge in [0.15, 0.2) is 0 Å². The van der Waals surface area contributed by atoms with Crippen LogP contribution in [0.25, 0.3) is 0 Å². The summed E-state index contributed by atoms with van der Waals surface area (Å²) in [6.45, 7) is 3.84. The summed E-state index contributed by atoms with van der Waals surface area (Å²) < 4.78 is 0. The fourth-order valence-corrected chi connectivity index (χ4v) is 0.476. The van der Waals surface area contributed by atoms with Gasteiger partial charge in [-0.15, -0.1) is 0 Å².